The van der Waals surface area contributed by atoms with Gasteiger partial charge in [0.25, 0.3) is 0 Å². The summed E-state index contributed by atoms with van der Waals surface area (Å²) in [6, 6.07) is 5.18. The van der Waals surface area contributed by atoms with Gasteiger partial charge in [0.15, 0.2) is 30.4 Å². The zero-order valence-electron chi connectivity index (χ0n) is 33.5. The van der Waals surface area contributed by atoms with Crippen molar-refractivity contribution in [3.05, 3.63) is 57.6 Å². The maximum atomic E-state index is 13.9. The number of nitrogens with zero attached hydrogens (tertiary/aromatic N) is 1. The number of rotatable bonds is 7. The lowest BCUT2D eigenvalue weighted by Crippen LogP contribution is -2.62. The third kappa shape index (κ3) is 6.76. The minimum atomic E-state index is -1.75. The van der Waals surface area contributed by atoms with E-state index in [1.165, 1.54) is 31.4 Å². The Morgan fingerprint density at radius 2 is 1.62 bits per heavy atom. The predicted octanol–water partition coefficient (Wildman–Crippen LogP) is 3.17. The lowest BCUT2D eigenvalue weighted by molar-refractivity contribution is -0.371. The molecule has 1 unspecified atom stereocenters. The zero-order valence-corrected chi connectivity index (χ0v) is 33.5. The van der Waals surface area contributed by atoms with Crippen molar-refractivity contribution in [1.82, 2.24) is 4.90 Å². The molecule has 0 radical (unpaired) electrons. The highest BCUT2D eigenvalue weighted by Gasteiger charge is 2.54. The maximum absolute atomic E-state index is 13.9. The van der Waals surface area contributed by atoms with Crippen LogP contribution in [0.4, 0.5) is 0 Å². The number of Topliss-reactive ketones (excluding diaryl/α,β-unsaturated/α-hetero) is 1. The molecular weight excluding hydrogens is 758 g/mol. The van der Waals surface area contributed by atoms with E-state index in [0.29, 0.717) is 6.42 Å². The summed E-state index contributed by atoms with van der Waals surface area (Å²) in [4.78, 5) is 55.6. The fourth-order valence-corrected chi connectivity index (χ4v) is 9.71. The third-order valence-corrected chi connectivity index (χ3v) is 12.8. The highest BCUT2D eigenvalue weighted by atomic mass is 16.8. The summed E-state index contributed by atoms with van der Waals surface area (Å²) in [7, 11) is 4.98. The van der Waals surface area contributed by atoms with E-state index < -0.39 is 108 Å². The van der Waals surface area contributed by atoms with Gasteiger partial charge < -0.3 is 58.1 Å². The first-order valence-corrected chi connectivity index (χ1v) is 19.9. The van der Waals surface area contributed by atoms with Gasteiger partial charge in [-0.15, -0.1) is 0 Å². The molecule has 4 fully saturated rings. The summed E-state index contributed by atoms with van der Waals surface area (Å²) in [6.07, 6.45) is -6.13. The average molecular weight is 810 g/mol. The van der Waals surface area contributed by atoms with Gasteiger partial charge in [0, 0.05) is 48.4 Å². The number of fused-ring (bicyclic) bond motifs is 5. The second-order valence-corrected chi connectivity index (χ2v) is 16.5. The molecule has 3 N–H and O–H groups in total. The first kappa shape index (κ1) is 40.9. The van der Waals surface area contributed by atoms with Gasteiger partial charge in [-0.05, 0) is 59.0 Å². The van der Waals surface area contributed by atoms with Crippen LogP contribution in [0.5, 0.6) is 11.5 Å². The van der Waals surface area contributed by atoms with Crippen molar-refractivity contribution < 1.29 is 72.4 Å². The Morgan fingerprint density at radius 1 is 0.897 bits per heavy atom. The molecule has 16 nitrogen and oxygen atoms in total. The van der Waals surface area contributed by atoms with Crippen LogP contribution in [-0.2, 0) is 47.5 Å². The summed E-state index contributed by atoms with van der Waals surface area (Å²) < 4.78 is 49.6. The molecule has 0 spiro atoms. The molecule has 14 atom stereocenters. The van der Waals surface area contributed by atoms with Gasteiger partial charge in [0.2, 0.25) is 5.78 Å². The van der Waals surface area contributed by atoms with E-state index in [-0.39, 0.29) is 70.9 Å². The molecule has 8 rings (SSSR count). The van der Waals surface area contributed by atoms with Crippen molar-refractivity contribution in [3.63, 3.8) is 0 Å². The first-order chi connectivity index (χ1) is 27.5. The summed E-state index contributed by atoms with van der Waals surface area (Å²) >= 11 is 0. The number of phenolic OH excluding ortho intramolecular Hbond substituents is 2. The number of benzene rings is 2. The van der Waals surface area contributed by atoms with Gasteiger partial charge >= 0.3 is 5.97 Å². The number of phenols is 2. The fraction of sp³-hybridized carbons (Fsp3) is 0.619. The smallest absolute Gasteiger partial charge is 0.316 e. The van der Waals surface area contributed by atoms with E-state index in [0.717, 1.165) is 0 Å². The SMILES string of the molecule is CC[C@@]1(O)CC(O[C@H]2C[C@H](N(C)C)[C@H](O[C@H]3C[C@@H]4O[C@H]5CC(=O)[C@H](C)O[C@H]5O[C@@H]4[C@H](C)O3)[C@H](C)O2)c2c(cc3c(c2O)C(=O)c2c(O)cccc2C3=O)[C@H]1C(=O)OC. The lowest BCUT2D eigenvalue weighted by atomic mass is 9.67. The minimum absolute atomic E-state index is 0.0407. The van der Waals surface area contributed by atoms with E-state index >= 15 is 0 Å². The molecule has 2 aromatic rings. The average Bonchev–Trinajstić information content (AvgIpc) is 3.17. The molecule has 0 saturated carbocycles. The van der Waals surface area contributed by atoms with Crippen molar-refractivity contribution in [2.24, 2.45) is 0 Å². The van der Waals surface area contributed by atoms with Gasteiger partial charge in [-0.1, -0.05) is 19.1 Å². The Morgan fingerprint density at radius 3 is 2.33 bits per heavy atom. The molecule has 2 aromatic carbocycles. The van der Waals surface area contributed by atoms with Gasteiger partial charge in [-0.2, -0.15) is 0 Å². The number of ketones is 3. The van der Waals surface area contributed by atoms with Crippen LogP contribution in [-0.4, -0.2) is 138 Å². The molecule has 0 aromatic heterocycles. The number of aromatic hydroxyl groups is 2. The molecule has 314 valence electrons. The molecule has 0 amide bonds. The number of ether oxygens (including phenoxy) is 8. The van der Waals surface area contributed by atoms with Crippen LogP contribution in [0.25, 0.3) is 0 Å². The van der Waals surface area contributed by atoms with Gasteiger partial charge in [-0.3, -0.25) is 19.2 Å². The lowest BCUT2D eigenvalue weighted by Gasteiger charge is -2.51. The standard InChI is InChI=1S/C42H51NO15/c1-8-42(50)16-28(32-21(34(42)40(49)51-7)12-22-33(37(32)48)36(47)31-20(35(22)46)10-9-11-24(31)44)56-29-13-23(43(5)6)38(18(3)52-29)57-30-15-26-39(19(4)53-30)58-41-27(55-26)14-25(45)17(2)54-41/h9-12,17-19,23,26-30,34,38-39,41,44,48,50H,8,13-16H2,1-7H3/t17-,18-,19-,23-,26-,27-,28?,29-,30-,34-,38+,39+,41-,42+/m0/s1. The summed E-state index contributed by atoms with van der Waals surface area (Å²) in [5.74, 6) is -4.59. The van der Waals surface area contributed by atoms with E-state index in [1.807, 2.05) is 32.8 Å². The van der Waals surface area contributed by atoms with Crippen molar-refractivity contribution in [2.45, 2.75) is 145 Å². The van der Waals surface area contributed by atoms with Gasteiger partial charge in [0.05, 0.1) is 48.3 Å². The molecule has 4 aliphatic heterocycles. The summed E-state index contributed by atoms with van der Waals surface area (Å²) in [6.45, 7) is 7.13. The number of carbonyl (C=O) groups excluding carboxylic acids is 4. The highest BCUT2D eigenvalue weighted by Crippen LogP contribution is 2.54. The molecule has 2 aliphatic carbocycles. The molecule has 16 heteroatoms. The number of hydrogen-bond acceptors (Lipinski definition) is 16. The van der Waals surface area contributed by atoms with Crippen molar-refractivity contribution >= 4 is 23.3 Å². The Labute approximate surface area is 335 Å². The molecule has 4 saturated heterocycles. The Kier molecular flexibility index (Phi) is 10.8. The van der Waals surface area contributed by atoms with Crippen LogP contribution < -0.4 is 0 Å². The highest BCUT2D eigenvalue weighted by molar-refractivity contribution is 6.30. The van der Waals surface area contributed by atoms with Crippen LogP contribution in [0, 0.1) is 0 Å². The zero-order chi connectivity index (χ0) is 41.5. The molecular formula is C42H51NO15. The fourth-order valence-electron chi connectivity index (χ4n) is 9.71. The Bertz CT molecular complexity index is 2000. The molecule has 58 heavy (non-hydrogen) atoms. The predicted molar refractivity (Wildman–Crippen MR) is 199 cm³/mol. The third-order valence-electron chi connectivity index (χ3n) is 12.8. The topological polar surface area (TPSA) is 206 Å². The van der Waals surface area contributed by atoms with Crippen molar-refractivity contribution in [3.8, 4) is 11.5 Å². The number of carbonyl (C=O) groups is 4. The number of methoxy groups -OCH3 is 1. The van der Waals surface area contributed by atoms with E-state index in [2.05, 4.69) is 0 Å². The number of likely N-dealkylation sites (N-methyl/N-ethyl adjacent to an activating group) is 1. The molecule has 6 aliphatic rings. The van der Waals surface area contributed by atoms with E-state index in [4.69, 9.17) is 37.9 Å². The number of esters is 1. The van der Waals surface area contributed by atoms with Crippen molar-refractivity contribution in [1.29, 1.82) is 0 Å². The number of hydrogen-bond donors (Lipinski definition) is 3. The van der Waals surface area contributed by atoms with E-state index in [1.54, 1.807) is 13.8 Å². The quantitative estimate of drug-likeness (QED) is 0.293. The van der Waals surface area contributed by atoms with Crippen LogP contribution in [0.3, 0.4) is 0 Å². The van der Waals surface area contributed by atoms with Gasteiger partial charge in [0.1, 0.15) is 41.8 Å². The Balaban J connectivity index is 1.06. The maximum Gasteiger partial charge on any atom is 0.316 e. The molecule has 4 heterocycles. The minimum Gasteiger partial charge on any atom is -0.507 e. The van der Waals surface area contributed by atoms with Crippen LogP contribution in [0.2, 0.25) is 0 Å². The van der Waals surface area contributed by atoms with Crippen molar-refractivity contribution in [2.75, 3.05) is 21.2 Å². The first-order valence-electron chi connectivity index (χ1n) is 19.9. The second-order valence-electron chi connectivity index (χ2n) is 16.5. The Hall–Kier alpha value is -3.84. The summed E-state index contributed by atoms with van der Waals surface area (Å²) in [5, 5.41) is 34.8. The van der Waals surface area contributed by atoms with Crippen LogP contribution in [0.1, 0.15) is 115 Å². The van der Waals surface area contributed by atoms with E-state index in [9.17, 15) is 34.5 Å². The second kappa shape index (κ2) is 15.3. The van der Waals surface area contributed by atoms with Crippen LogP contribution >= 0.6 is 0 Å². The molecule has 0 bridgehead atoms. The van der Waals surface area contributed by atoms with Crippen LogP contribution in [0.15, 0.2) is 24.3 Å². The largest absolute Gasteiger partial charge is 0.507 e. The van der Waals surface area contributed by atoms with Gasteiger partial charge in [-0.25, -0.2) is 0 Å². The normalized spacial score (nSPS) is 38.3. The number of aliphatic hydroxyl groups is 1. The monoisotopic (exact) mass is 809 g/mol. The summed E-state index contributed by atoms with van der Waals surface area (Å²) in [5.41, 5.74) is -2.42.